The van der Waals surface area contributed by atoms with Crippen LogP contribution in [0.25, 0.3) is 0 Å². The zero-order chi connectivity index (χ0) is 14.6. The van der Waals surface area contributed by atoms with Gasteiger partial charge in [-0.3, -0.25) is 4.79 Å². The minimum atomic E-state index is -0.724. The van der Waals surface area contributed by atoms with E-state index in [0.717, 1.165) is 0 Å². The molecule has 1 rings (SSSR count). The summed E-state index contributed by atoms with van der Waals surface area (Å²) in [6.45, 7) is 3.61. The van der Waals surface area contributed by atoms with Crippen molar-refractivity contribution in [2.24, 2.45) is 5.92 Å². The fourth-order valence-corrected chi connectivity index (χ4v) is 2.24. The topological polar surface area (TPSA) is 55.4 Å². The van der Waals surface area contributed by atoms with Crippen LogP contribution in [0.1, 0.15) is 24.2 Å². The predicted molar refractivity (Wildman–Crippen MR) is 77.2 cm³/mol. The zero-order valence-corrected chi connectivity index (χ0v) is 13.0. The van der Waals surface area contributed by atoms with Crippen LogP contribution < -0.4 is 5.32 Å². The number of methoxy groups -OCH3 is 1. The normalized spacial score (nSPS) is 12.1. The maximum absolute atomic E-state index is 13.0. The molecule has 1 N–H and O–H groups in total. The molecular weight excluding hydrogens is 364 g/mol. The lowest BCUT2D eigenvalue weighted by Gasteiger charge is -2.20. The van der Waals surface area contributed by atoms with Crippen molar-refractivity contribution < 1.29 is 18.7 Å². The average Bonchev–Trinajstić information content (AvgIpc) is 2.34. The van der Waals surface area contributed by atoms with E-state index in [9.17, 15) is 14.0 Å². The Balaban J connectivity index is 2.91. The number of hydrogen-bond donors (Lipinski definition) is 1. The van der Waals surface area contributed by atoms with Gasteiger partial charge in [0.05, 0.1) is 12.7 Å². The highest BCUT2D eigenvalue weighted by Crippen LogP contribution is 2.15. The number of amides is 1. The molecule has 6 heteroatoms. The SMILES string of the molecule is COC(=O)[C@@H](NC(=O)c1ccc(F)cc1I)C(C)C. The molecule has 1 atom stereocenters. The predicted octanol–water partition coefficient (Wildman–Crippen LogP) is 2.36. The summed E-state index contributed by atoms with van der Waals surface area (Å²) in [5.41, 5.74) is 0.330. The molecule has 0 saturated heterocycles. The van der Waals surface area contributed by atoms with E-state index < -0.39 is 23.7 Å². The minimum Gasteiger partial charge on any atom is -0.467 e. The largest absolute Gasteiger partial charge is 0.467 e. The van der Waals surface area contributed by atoms with Crippen LogP contribution >= 0.6 is 22.6 Å². The molecule has 0 aromatic heterocycles. The Morgan fingerprint density at radius 1 is 1.37 bits per heavy atom. The molecule has 0 spiro atoms. The van der Waals surface area contributed by atoms with Crippen molar-refractivity contribution in [2.45, 2.75) is 19.9 Å². The summed E-state index contributed by atoms with van der Waals surface area (Å²) in [4.78, 5) is 23.6. The quantitative estimate of drug-likeness (QED) is 0.646. The highest BCUT2D eigenvalue weighted by Gasteiger charge is 2.26. The Morgan fingerprint density at radius 2 is 2.00 bits per heavy atom. The number of nitrogens with one attached hydrogen (secondary N) is 1. The van der Waals surface area contributed by atoms with Gasteiger partial charge in [0.25, 0.3) is 5.91 Å². The highest BCUT2D eigenvalue weighted by atomic mass is 127. The lowest BCUT2D eigenvalue weighted by atomic mass is 10.0. The number of carbonyl (C=O) groups is 2. The summed E-state index contributed by atoms with van der Waals surface area (Å²) in [7, 11) is 1.27. The number of rotatable bonds is 4. The molecule has 1 aromatic rings. The number of carbonyl (C=O) groups excluding carboxylic acids is 2. The summed E-state index contributed by atoms with van der Waals surface area (Å²) in [6, 6.07) is 3.14. The first-order valence-electron chi connectivity index (χ1n) is 5.70. The van der Waals surface area contributed by atoms with E-state index in [1.807, 2.05) is 22.6 Å². The van der Waals surface area contributed by atoms with E-state index in [2.05, 4.69) is 10.1 Å². The van der Waals surface area contributed by atoms with Crippen LogP contribution in [0.5, 0.6) is 0 Å². The molecule has 0 fully saturated rings. The number of esters is 1. The second kappa shape index (κ2) is 6.83. The second-order valence-electron chi connectivity index (χ2n) is 4.34. The third-order valence-electron chi connectivity index (χ3n) is 2.58. The van der Waals surface area contributed by atoms with Crippen molar-refractivity contribution in [3.05, 3.63) is 33.1 Å². The lowest BCUT2D eigenvalue weighted by molar-refractivity contribution is -0.144. The molecule has 0 aliphatic carbocycles. The standard InChI is InChI=1S/C13H15FINO3/c1-7(2)11(13(18)19-3)16-12(17)9-5-4-8(14)6-10(9)15/h4-7,11H,1-3H3,(H,16,17)/t11-/m0/s1. The molecule has 1 aromatic carbocycles. The fourth-order valence-electron chi connectivity index (χ4n) is 1.52. The monoisotopic (exact) mass is 379 g/mol. The van der Waals surface area contributed by atoms with Crippen LogP contribution in [0.2, 0.25) is 0 Å². The number of benzene rings is 1. The molecule has 0 aliphatic heterocycles. The molecule has 0 bridgehead atoms. The van der Waals surface area contributed by atoms with E-state index >= 15 is 0 Å². The highest BCUT2D eigenvalue weighted by molar-refractivity contribution is 14.1. The fraction of sp³-hybridized carbons (Fsp3) is 0.385. The first-order chi connectivity index (χ1) is 8.86. The molecule has 104 valence electrons. The van der Waals surface area contributed by atoms with Gasteiger partial charge in [-0.15, -0.1) is 0 Å². The number of hydrogen-bond acceptors (Lipinski definition) is 3. The minimum absolute atomic E-state index is 0.102. The van der Waals surface area contributed by atoms with Gasteiger partial charge >= 0.3 is 5.97 Å². The van der Waals surface area contributed by atoms with E-state index in [4.69, 9.17) is 0 Å². The number of ether oxygens (including phenoxy) is 1. The van der Waals surface area contributed by atoms with Crippen LogP contribution in [0, 0.1) is 15.3 Å². The van der Waals surface area contributed by atoms with E-state index in [1.165, 1.54) is 25.3 Å². The van der Waals surface area contributed by atoms with Crippen molar-refractivity contribution in [1.29, 1.82) is 0 Å². The molecular formula is C13H15FINO3. The third kappa shape index (κ3) is 4.15. The lowest BCUT2D eigenvalue weighted by Crippen LogP contribution is -2.45. The van der Waals surface area contributed by atoms with Gasteiger partial charge in [0.2, 0.25) is 0 Å². The van der Waals surface area contributed by atoms with Gasteiger partial charge in [-0.05, 0) is 46.7 Å². The summed E-state index contributed by atoms with van der Waals surface area (Å²) in [6.07, 6.45) is 0. The van der Waals surface area contributed by atoms with Crippen molar-refractivity contribution >= 4 is 34.5 Å². The van der Waals surface area contributed by atoms with E-state index in [-0.39, 0.29) is 5.92 Å². The number of halogens is 2. The van der Waals surface area contributed by atoms with E-state index in [1.54, 1.807) is 13.8 Å². The first kappa shape index (κ1) is 15.9. The maximum atomic E-state index is 13.0. The van der Waals surface area contributed by atoms with Crippen molar-refractivity contribution in [3.8, 4) is 0 Å². The van der Waals surface area contributed by atoms with Gasteiger partial charge < -0.3 is 10.1 Å². The Morgan fingerprint density at radius 3 is 2.47 bits per heavy atom. The summed E-state index contributed by atoms with van der Waals surface area (Å²) < 4.78 is 18.1. The van der Waals surface area contributed by atoms with Crippen LogP contribution in [-0.2, 0) is 9.53 Å². The molecule has 0 saturated carbocycles. The molecule has 0 radical (unpaired) electrons. The zero-order valence-electron chi connectivity index (χ0n) is 10.9. The summed E-state index contributed by atoms with van der Waals surface area (Å²) >= 11 is 1.87. The van der Waals surface area contributed by atoms with Crippen molar-refractivity contribution in [1.82, 2.24) is 5.32 Å². The van der Waals surface area contributed by atoms with Crippen molar-refractivity contribution in [3.63, 3.8) is 0 Å². The van der Waals surface area contributed by atoms with Gasteiger partial charge in [0, 0.05) is 3.57 Å². The summed E-state index contributed by atoms with van der Waals surface area (Å²) in [5, 5.41) is 2.60. The van der Waals surface area contributed by atoms with E-state index in [0.29, 0.717) is 9.13 Å². The molecule has 19 heavy (non-hydrogen) atoms. The van der Waals surface area contributed by atoms with Gasteiger partial charge in [-0.25, -0.2) is 9.18 Å². The van der Waals surface area contributed by atoms with Crippen LogP contribution in [0.4, 0.5) is 4.39 Å². The Kier molecular flexibility index (Phi) is 5.71. The Hall–Kier alpha value is -1.18. The first-order valence-corrected chi connectivity index (χ1v) is 6.78. The third-order valence-corrected chi connectivity index (χ3v) is 3.48. The van der Waals surface area contributed by atoms with Crippen LogP contribution in [-0.4, -0.2) is 25.0 Å². The summed E-state index contributed by atoms with van der Waals surface area (Å²) in [5.74, 6) is -1.43. The Labute approximate surface area is 124 Å². The van der Waals surface area contributed by atoms with Gasteiger partial charge in [-0.2, -0.15) is 0 Å². The molecule has 4 nitrogen and oxygen atoms in total. The molecule has 1 amide bonds. The Bertz CT molecular complexity index is 491. The average molecular weight is 379 g/mol. The van der Waals surface area contributed by atoms with Crippen LogP contribution in [0.3, 0.4) is 0 Å². The van der Waals surface area contributed by atoms with Gasteiger partial charge in [0.1, 0.15) is 11.9 Å². The molecule has 0 heterocycles. The van der Waals surface area contributed by atoms with Gasteiger partial charge in [0.15, 0.2) is 0 Å². The van der Waals surface area contributed by atoms with Crippen LogP contribution in [0.15, 0.2) is 18.2 Å². The molecule has 0 aliphatic rings. The van der Waals surface area contributed by atoms with Crippen molar-refractivity contribution in [2.75, 3.05) is 7.11 Å². The molecule has 0 unspecified atom stereocenters. The van der Waals surface area contributed by atoms with Gasteiger partial charge in [-0.1, -0.05) is 13.8 Å². The maximum Gasteiger partial charge on any atom is 0.328 e. The smallest absolute Gasteiger partial charge is 0.328 e. The second-order valence-corrected chi connectivity index (χ2v) is 5.50.